The Kier molecular flexibility index (Phi) is 16.9. The Balaban J connectivity index is 0.825. The molecule has 1 aromatic carbocycles. The lowest BCUT2D eigenvalue weighted by Crippen LogP contribution is -2.63. The first kappa shape index (κ1) is 50.7. The highest BCUT2D eigenvalue weighted by atomic mass is 32.1. The maximum atomic E-state index is 14.7. The average molecular weight is 974 g/mol. The van der Waals surface area contributed by atoms with Crippen molar-refractivity contribution in [1.82, 2.24) is 44.9 Å². The number of aryl methyl sites for hydroxylation is 1. The van der Waals surface area contributed by atoms with E-state index in [2.05, 4.69) is 31.6 Å². The third-order valence-electron chi connectivity index (χ3n) is 12.2. The number of piperazine rings is 1. The first-order valence-corrected chi connectivity index (χ1v) is 23.8. The third kappa shape index (κ3) is 12.4. The number of nitrogens with zero attached hydrogens (tertiary/aromatic N) is 7. The second-order valence-electron chi connectivity index (χ2n) is 17.5. The monoisotopic (exact) mass is 973 g/mol. The molecule has 2 atom stereocenters. The number of hydrogen-bond acceptors (Lipinski definition) is 15. The molecule has 0 unspecified atom stereocenters. The summed E-state index contributed by atoms with van der Waals surface area (Å²) in [5.41, 5.74) is -0.0726. The number of ether oxygens (including phenoxy) is 4. The molecule has 4 aromatic heterocycles. The summed E-state index contributed by atoms with van der Waals surface area (Å²) in [6.07, 6.45) is 9.16. The Morgan fingerprint density at radius 2 is 1.72 bits per heavy atom. The van der Waals surface area contributed by atoms with Gasteiger partial charge in [-0.25, -0.2) is 4.39 Å². The van der Waals surface area contributed by atoms with Gasteiger partial charge in [0, 0.05) is 83.1 Å². The lowest BCUT2D eigenvalue weighted by molar-refractivity contribution is -0.144. The number of thiophene rings is 1. The van der Waals surface area contributed by atoms with Crippen molar-refractivity contribution in [2.45, 2.75) is 57.0 Å². The number of aliphatic hydroxyl groups is 1. The van der Waals surface area contributed by atoms with Crippen LogP contribution in [0.3, 0.4) is 0 Å². The zero-order valence-electron chi connectivity index (χ0n) is 39.6. The maximum Gasteiger partial charge on any atom is 0.271 e. The summed E-state index contributed by atoms with van der Waals surface area (Å²) in [7, 11) is 4.72. The summed E-state index contributed by atoms with van der Waals surface area (Å²) in [4.78, 5) is 65.8. The molecule has 0 aliphatic carbocycles. The number of amides is 4. The van der Waals surface area contributed by atoms with E-state index in [-0.39, 0.29) is 88.5 Å². The number of likely N-dealkylation sites (N-methyl/N-ethyl adjacent to an activating group) is 2. The normalized spacial score (nSPS) is 15.8. The van der Waals surface area contributed by atoms with Gasteiger partial charge in [0.15, 0.2) is 5.76 Å². The van der Waals surface area contributed by atoms with Crippen molar-refractivity contribution in [3.63, 3.8) is 0 Å². The van der Waals surface area contributed by atoms with Crippen LogP contribution in [0.4, 0.5) is 4.39 Å². The van der Waals surface area contributed by atoms with E-state index in [9.17, 15) is 28.7 Å². The minimum atomic E-state index is -1.64. The molecule has 21 heteroatoms. The molecule has 0 radical (unpaired) electrons. The topological polar surface area (TPSA) is 206 Å². The van der Waals surface area contributed by atoms with Crippen molar-refractivity contribution >= 4 is 56.1 Å². The number of rotatable bonds is 21. The molecule has 0 saturated carbocycles. The van der Waals surface area contributed by atoms with Crippen LogP contribution in [-0.2, 0) is 32.7 Å². The van der Waals surface area contributed by atoms with Crippen LogP contribution in [0.5, 0.6) is 11.6 Å². The number of terminal acetylenes is 1. The number of piperidine rings is 1. The van der Waals surface area contributed by atoms with E-state index in [0.29, 0.717) is 23.7 Å². The zero-order chi connectivity index (χ0) is 49.2. The zero-order valence-corrected chi connectivity index (χ0v) is 40.4. The molecule has 6 heterocycles. The molecule has 370 valence electrons. The second-order valence-corrected chi connectivity index (χ2v) is 18.4. The van der Waals surface area contributed by atoms with Crippen LogP contribution in [-0.4, -0.2) is 180 Å². The van der Waals surface area contributed by atoms with Crippen LogP contribution in [0, 0.1) is 18.2 Å². The molecule has 2 fully saturated rings. The van der Waals surface area contributed by atoms with E-state index in [4.69, 9.17) is 29.9 Å². The number of aromatic nitrogens is 3. The minimum Gasteiger partial charge on any atom is -0.489 e. The molecule has 4 amide bonds. The van der Waals surface area contributed by atoms with Gasteiger partial charge in [0.25, 0.3) is 17.7 Å². The van der Waals surface area contributed by atoms with Gasteiger partial charge in [-0.2, -0.15) is 0 Å². The van der Waals surface area contributed by atoms with Crippen LogP contribution in [0.15, 0.2) is 52.5 Å². The molecule has 7 rings (SSSR count). The number of fused-ring (bicyclic) bond motifs is 2. The molecule has 0 bridgehead atoms. The van der Waals surface area contributed by atoms with Gasteiger partial charge in [-0.1, -0.05) is 5.92 Å². The molecule has 19 nitrogen and oxygen atoms in total. The van der Waals surface area contributed by atoms with Gasteiger partial charge < -0.3 is 53.2 Å². The van der Waals surface area contributed by atoms with Gasteiger partial charge in [-0.15, -0.1) is 17.8 Å². The van der Waals surface area contributed by atoms with Crippen molar-refractivity contribution in [3.8, 4) is 24.0 Å². The van der Waals surface area contributed by atoms with Crippen molar-refractivity contribution in [2.75, 3.05) is 92.9 Å². The van der Waals surface area contributed by atoms with E-state index >= 15 is 0 Å². The lowest BCUT2D eigenvalue weighted by Gasteiger charge is -2.39. The Morgan fingerprint density at radius 1 is 1.01 bits per heavy atom. The molecule has 2 aliphatic heterocycles. The largest absolute Gasteiger partial charge is 0.489 e. The standard InChI is InChI=1S/C48H60FN9O10S/c1-7-35(50-4)44(59)52-43(48(2,3)63)47(62)58-19-17-57(18-20-58)46(61)41-40(34-28-31(49)8-9-37(34)55(41)6)45(60)54(5)21-22-64-23-24-65-25-26-66-39-29-33(68-53-39)30-56-15-11-32(12-16-56)67-38-10-14-51-36-13-27-69-42(36)38/h1,8-10,13-14,27-29,32,35,43,50,63H,11-12,15-26,30H2,2-6H3,(H,52,59)/t35-,43+/m0/s1. The molecular formula is C48H60FN9O10S. The summed E-state index contributed by atoms with van der Waals surface area (Å²) in [5.74, 6) is 1.55. The molecule has 0 spiro atoms. The summed E-state index contributed by atoms with van der Waals surface area (Å²) in [6, 6.07) is 7.41. The van der Waals surface area contributed by atoms with E-state index in [1.54, 1.807) is 42.3 Å². The van der Waals surface area contributed by atoms with E-state index in [1.165, 1.54) is 53.8 Å². The van der Waals surface area contributed by atoms with Crippen molar-refractivity contribution in [2.24, 2.45) is 7.05 Å². The van der Waals surface area contributed by atoms with Crippen molar-refractivity contribution in [1.29, 1.82) is 0 Å². The molecule has 5 aromatic rings. The molecule has 2 aliphatic rings. The fourth-order valence-corrected chi connectivity index (χ4v) is 9.19. The number of likely N-dealkylation sites (tertiary alicyclic amines) is 1. The Bertz CT molecular complexity index is 2620. The first-order chi connectivity index (χ1) is 33.2. The Labute approximate surface area is 403 Å². The molecular weight excluding hydrogens is 914 g/mol. The minimum absolute atomic E-state index is 0.0466. The summed E-state index contributed by atoms with van der Waals surface area (Å²) in [5, 5.41) is 22.4. The number of carbonyl (C=O) groups excluding carboxylic acids is 4. The molecule has 3 N–H and O–H groups in total. The average Bonchev–Trinajstić information content (AvgIpc) is 4.08. The quantitative estimate of drug-likeness (QED) is 0.0715. The third-order valence-corrected chi connectivity index (χ3v) is 13.2. The Morgan fingerprint density at radius 3 is 2.43 bits per heavy atom. The molecule has 69 heavy (non-hydrogen) atoms. The number of hydrogen-bond donors (Lipinski definition) is 3. The predicted molar refractivity (Wildman–Crippen MR) is 254 cm³/mol. The number of halogens is 1. The number of benzene rings is 1. The van der Waals surface area contributed by atoms with Gasteiger partial charge in [0.05, 0.1) is 54.4 Å². The van der Waals surface area contributed by atoms with Crippen molar-refractivity contribution < 1.29 is 52.1 Å². The summed E-state index contributed by atoms with van der Waals surface area (Å²) >= 11 is 1.64. The smallest absolute Gasteiger partial charge is 0.271 e. The van der Waals surface area contributed by atoms with Crippen LogP contribution in [0.25, 0.3) is 21.1 Å². The second kappa shape index (κ2) is 23.0. The van der Waals surface area contributed by atoms with Gasteiger partial charge in [0.1, 0.15) is 42.1 Å². The highest BCUT2D eigenvalue weighted by Gasteiger charge is 2.40. The predicted octanol–water partition coefficient (Wildman–Crippen LogP) is 2.90. The van der Waals surface area contributed by atoms with E-state index in [0.717, 1.165) is 41.9 Å². The number of pyridine rings is 1. The van der Waals surface area contributed by atoms with Gasteiger partial charge in [0.2, 0.25) is 11.8 Å². The highest BCUT2D eigenvalue weighted by Crippen LogP contribution is 2.32. The fraction of sp³-hybridized carbons (Fsp3) is 0.500. The van der Waals surface area contributed by atoms with Crippen LogP contribution in [0.2, 0.25) is 0 Å². The number of carbonyl (C=O) groups is 4. The Hall–Kier alpha value is -6.15. The highest BCUT2D eigenvalue weighted by molar-refractivity contribution is 7.17. The van der Waals surface area contributed by atoms with Crippen LogP contribution < -0.4 is 20.1 Å². The van der Waals surface area contributed by atoms with Crippen LogP contribution >= 0.6 is 11.3 Å². The lowest BCUT2D eigenvalue weighted by atomic mass is 9.96. The van der Waals surface area contributed by atoms with Gasteiger partial charge in [-0.05, 0) is 74.6 Å². The SMILES string of the molecule is C#C[C@H](NC)C(=O)N[C@H](C(=O)N1CCN(C(=O)c2c(C(=O)N(C)CCOCCOCCOc3cc(CN4CCC(Oc5ccnc6ccsc56)CC4)on3)c3cc(F)ccc3n2C)CC1)C(C)(C)O. The summed E-state index contributed by atoms with van der Waals surface area (Å²) < 4.78 is 46.3. The van der Waals surface area contributed by atoms with Gasteiger partial charge in [-0.3, -0.25) is 34.4 Å². The van der Waals surface area contributed by atoms with E-state index in [1.807, 2.05) is 17.5 Å². The fourth-order valence-electron chi connectivity index (χ4n) is 8.39. The first-order valence-electron chi connectivity index (χ1n) is 22.9. The van der Waals surface area contributed by atoms with Crippen molar-refractivity contribution in [3.05, 3.63) is 70.8 Å². The molecule has 2 saturated heterocycles. The summed E-state index contributed by atoms with van der Waals surface area (Å²) in [6.45, 7) is 6.93. The van der Waals surface area contributed by atoms with E-state index < -0.39 is 47.1 Å². The van der Waals surface area contributed by atoms with Gasteiger partial charge >= 0.3 is 0 Å². The maximum absolute atomic E-state index is 14.7. The number of nitrogens with one attached hydrogen (secondary N) is 2. The van der Waals surface area contributed by atoms with Crippen LogP contribution in [0.1, 0.15) is 53.3 Å².